The number of carboxylic acid groups (broad SMARTS) is 1. The van der Waals surface area contributed by atoms with Gasteiger partial charge in [0.2, 0.25) is 5.91 Å². The number of hydrogen-bond donors (Lipinski definition) is 2. The summed E-state index contributed by atoms with van der Waals surface area (Å²) < 4.78 is 24.4. The molecule has 0 spiro atoms. The molecule has 2 atom stereocenters. The molecule has 7 heteroatoms. The highest BCUT2D eigenvalue weighted by atomic mass is 19.1. The molecule has 0 saturated carbocycles. The molecule has 2 aromatic rings. The van der Waals surface area contributed by atoms with E-state index in [2.05, 4.69) is 5.32 Å². The summed E-state index contributed by atoms with van der Waals surface area (Å²) in [6, 6.07) is 10.1. The summed E-state index contributed by atoms with van der Waals surface area (Å²) in [5.74, 6) is -2.46. The molecule has 1 aliphatic rings. The Morgan fingerprint density at radius 1 is 1.33 bits per heavy atom. The van der Waals surface area contributed by atoms with Crippen LogP contribution in [0, 0.1) is 5.82 Å². The normalized spacial score (nSPS) is 16.9. The Kier molecular flexibility index (Phi) is 5.71. The van der Waals surface area contributed by atoms with Crippen LogP contribution in [0.4, 0.5) is 4.39 Å². The van der Waals surface area contributed by atoms with Crippen LogP contribution in [-0.4, -0.2) is 30.7 Å². The molecule has 6 nitrogen and oxygen atoms in total. The van der Waals surface area contributed by atoms with E-state index in [4.69, 9.17) is 9.47 Å². The van der Waals surface area contributed by atoms with Gasteiger partial charge in [0.15, 0.2) is 17.6 Å². The lowest BCUT2D eigenvalue weighted by molar-refractivity contribution is -0.142. The van der Waals surface area contributed by atoms with Crippen LogP contribution in [0.3, 0.4) is 0 Å². The zero-order valence-electron chi connectivity index (χ0n) is 14.8. The summed E-state index contributed by atoms with van der Waals surface area (Å²) in [5.41, 5.74) is 2.17. The largest absolute Gasteiger partial charge is 0.494 e. The Morgan fingerprint density at radius 2 is 2.11 bits per heavy atom. The van der Waals surface area contributed by atoms with Crippen LogP contribution in [0.5, 0.6) is 5.75 Å². The van der Waals surface area contributed by atoms with Gasteiger partial charge in [0.25, 0.3) is 0 Å². The lowest BCUT2D eigenvalue weighted by Crippen LogP contribution is -2.35. The average molecular weight is 373 g/mol. The van der Waals surface area contributed by atoms with Crippen LogP contribution in [0.15, 0.2) is 42.5 Å². The fourth-order valence-corrected chi connectivity index (χ4v) is 3.18. The SMILES string of the molecule is COc1ccc(C(NC(=O)CC2OCCc3ccccc32)C(=O)O)cc1F. The molecule has 0 fully saturated rings. The number of ether oxygens (including phenoxy) is 2. The van der Waals surface area contributed by atoms with Crippen molar-refractivity contribution in [2.24, 2.45) is 0 Å². The number of amides is 1. The predicted molar refractivity (Wildman–Crippen MR) is 94.9 cm³/mol. The van der Waals surface area contributed by atoms with E-state index in [1.54, 1.807) is 0 Å². The Balaban J connectivity index is 1.73. The van der Waals surface area contributed by atoms with Crippen molar-refractivity contribution in [2.45, 2.75) is 25.0 Å². The van der Waals surface area contributed by atoms with Crippen molar-refractivity contribution in [3.63, 3.8) is 0 Å². The summed E-state index contributed by atoms with van der Waals surface area (Å²) >= 11 is 0. The molecule has 0 saturated heterocycles. The lowest BCUT2D eigenvalue weighted by Gasteiger charge is -2.26. The molecule has 142 valence electrons. The van der Waals surface area contributed by atoms with Crippen LogP contribution in [0.25, 0.3) is 0 Å². The first-order valence-corrected chi connectivity index (χ1v) is 8.54. The maximum absolute atomic E-state index is 13.9. The van der Waals surface area contributed by atoms with Crippen molar-refractivity contribution in [1.82, 2.24) is 5.32 Å². The van der Waals surface area contributed by atoms with Gasteiger partial charge in [-0.2, -0.15) is 0 Å². The Hall–Kier alpha value is -2.93. The van der Waals surface area contributed by atoms with Crippen LogP contribution < -0.4 is 10.1 Å². The van der Waals surface area contributed by atoms with Gasteiger partial charge < -0.3 is 19.9 Å². The third-order valence-electron chi connectivity index (χ3n) is 4.52. The average Bonchev–Trinajstić information content (AvgIpc) is 2.66. The van der Waals surface area contributed by atoms with Crippen LogP contribution in [0.1, 0.15) is 35.3 Å². The zero-order valence-corrected chi connectivity index (χ0v) is 14.8. The van der Waals surface area contributed by atoms with E-state index in [0.29, 0.717) is 6.61 Å². The van der Waals surface area contributed by atoms with E-state index in [1.165, 1.54) is 19.2 Å². The molecule has 0 radical (unpaired) electrons. The van der Waals surface area contributed by atoms with Gasteiger partial charge in [-0.1, -0.05) is 30.3 Å². The molecule has 3 rings (SSSR count). The van der Waals surface area contributed by atoms with E-state index in [-0.39, 0.29) is 17.7 Å². The minimum absolute atomic E-state index is 0.00132. The summed E-state index contributed by atoms with van der Waals surface area (Å²) in [6.45, 7) is 0.501. The first-order valence-electron chi connectivity index (χ1n) is 8.54. The first kappa shape index (κ1) is 18.8. The molecule has 2 N–H and O–H groups in total. The molecule has 0 aliphatic carbocycles. The standard InChI is InChI=1S/C20H20FNO5/c1-26-16-7-6-13(10-15(16)21)19(20(24)25)22-18(23)11-17-14-5-3-2-4-12(14)8-9-27-17/h2-7,10,17,19H,8-9,11H2,1H3,(H,22,23)(H,24,25). The minimum atomic E-state index is -1.36. The van der Waals surface area contributed by atoms with Gasteiger partial charge in [-0.25, -0.2) is 9.18 Å². The van der Waals surface area contributed by atoms with E-state index in [9.17, 15) is 19.1 Å². The summed E-state index contributed by atoms with van der Waals surface area (Å²) in [5, 5.41) is 11.9. The van der Waals surface area contributed by atoms with Gasteiger partial charge in [0.1, 0.15) is 0 Å². The molecular weight excluding hydrogens is 353 g/mol. The summed E-state index contributed by atoms with van der Waals surface area (Å²) in [7, 11) is 1.32. The van der Waals surface area contributed by atoms with Gasteiger partial charge in [-0.05, 0) is 35.2 Å². The number of aliphatic carboxylic acids is 1. The summed E-state index contributed by atoms with van der Waals surface area (Å²) in [6.07, 6.45) is 0.327. The second kappa shape index (κ2) is 8.18. The Bertz CT molecular complexity index is 854. The molecule has 0 aromatic heterocycles. The van der Waals surface area contributed by atoms with Crippen molar-refractivity contribution in [3.05, 3.63) is 65.0 Å². The minimum Gasteiger partial charge on any atom is -0.494 e. The number of benzene rings is 2. The number of halogens is 1. The fraction of sp³-hybridized carbons (Fsp3) is 0.300. The Labute approximate surface area is 155 Å². The number of carbonyl (C=O) groups is 2. The van der Waals surface area contributed by atoms with Gasteiger partial charge in [0.05, 0.1) is 26.2 Å². The number of fused-ring (bicyclic) bond motifs is 1. The molecule has 27 heavy (non-hydrogen) atoms. The number of carbonyl (C=O) groups excluding carboxylic acids is 1. The highest BCUT2D eigenvalue weighted by molar-refractivity contribution is 5.85. The molecule has 0 bridgehead atoms. The molecule has 2 aromatic carbocycles. The van der Waals surface area contributed by atoms with Crippen molar-refractivity contribution >= 4 is 11.9 Å². The number of nitrogens with one attached hydrogen (secondary N) is 1. The molecule has 2 unspecified atom stereocenters. The van der Waals surface area contributed by atoms with E-state index in [1.807, 2.05) is 24.3 Å². The van der Waals surface area contributed by atoms with Crippen molar-refractivity contribution < 1.29 is 28.6 Å². The van der Waals surface area contributed by atoms with Gasteiger partial charge in [-0.3, -0.25) is 4.79 Å². The summed E-state index contributed by atoms with van der Waals surface area (Å²) in [4.78, 5) is 24.0. The first-order chi connectivity index (χ1) is 13.0. The highest BCUT2D eigenvalue weighted by Gasteiger charge is 2.27. The number of hydrogen-bond acceptors (Lipinski definition) is 4. The topological polar surface area (TPSA) is 84.9 Å². The molecule has 1 heterocycles. The van der Waals surface area contributed by atoms with Crippen LogP contribution in [0.2, 0.25) is 0 Å². The van der Waals surface area contributed by atoms with Crippen LogP contribution in [-0.2, 0) is 20.7 Å². The van der Waals surface area contributed by atoms with Crippen molar-refractivity contribution in [1.29, 1.82) is 0 Å². The molecule has 1 amide bonds. The third kappa shape index (κ3) is 4.25. The zero-order chi connectivity index (χ0) is 19.4. The second-order valence-electron chi connectivity index (χ2n) is 6.25. The smallest absolute Gasteiger partial charge is 0.330 e. The van der Waals surface area contributed by atoms with Gasteiger partial charge in [0, 0.05) is 0 Å². The van der Waals surface area contributed by atoms with Gasteiger partial charge in [-0.15, -0.1) is 0 Å². The Morgan fingerprint density at radius 3 is 2.81 bits per heavy atom. The predicted octanol–water partition coefficient (Wildman–Crippen LogP) is 2.78. The monoisotopic (exact) mass is 373 g/mol. The van der Waals surface area contributed by atoms with E-state index < -0.39 is 29.8 Å². The quantitative estimate of drug-likeness (QED) is 0.813. The third-order valence-corrected chi connectivity index (χ3v) is 4.52. The lowest BCUT2D eigenvalue weighted by atomic mass is 9.95. The highest BCUT2D eigenvalue weighted by Crippen LogP contribution is 2.30. The van der Waals surface area contributed by atoms with Gasteiger partial charge >= 0.3 is 5.97 Å². The van der Waals surface area contributed by atoms with Crippen molar-refractivity contribution in [3.8, 4) is 5.75 Å². The maximum atomic E-state index is 13.9. The maximum Gasteiger partial charge on any atom is 0.330 e. The van der Waals surface area contributed by atoms with E-state index >= 15 is 0 Å². The number of methoxy groups -OCH3 is 1. The van der Waals surface area contributed by atoms with Crippen molar-refractivity contribution in [2.75, 3.05) is 13.7 Å². The molecule has 1 aliphatic heterocycles. The fourth-order valence-electron chi connectivity index (χ4n) is 3.18. The number of rotatable bonds is 6. The second-order valence-corrected chi connectivity index (χ2v) is 6.25. The number of carboxylic acids is 1. The molecular formula is C20H20FNO5. The van der Waals surface area contributed by atoms with Crippen LogP contribution >= 0.6 is 0 Å². The van der Waals surface area contributed by atoms with E-state index in [0.717, 1.165) is 23.6 Å².